The van der Waals surface area contributed by atoms with Crippen molar-refractivity contribution >= 4 is 12.1 Å². The predicted octanol–water partition coefficient (Wildman–Crippen LogP) is 3.88. The number of carbonyl (C=O) groups is 2. The highest BCUT2D eigenvalue weighted by atomic mass is 16.6. The topological polar surface area (TPSA) is 75.6 Å². The molecule has 2 N–H and O–H groups in total. The Kier molecular flexibility index (Phi) is 8.63. The largest absolute Gasteiger partial charge is 0.480 e. The Bertz CT molecular complexity index is 364. The lowest BCUT2D eigenvalue weighted by Gasteiger charge is -2.28. The standard InChI is InChI=1S/C17H29NO4/c1-3-4-5-7-10-13(2)22-17(21)18-15(16(19)20)14-11-8-6-9-12-14/h3,13-15H,1,4-12H2,2H3,(H,18,21)(H,19,20)/t13-,15+/m1/s1. The summed E-state index contributed by atoms with van der Waals surface area (Å²) < 4.78 is 5.26. The van der Waals surface area contributed by atoms with Crippen LogP contribution in [0, 0.1) is 5.92 Å². The van der Waals surface area contributed by atoms with E-state index in [4.69, 9.17) is 4.74 Å². The van der Waals surface area contributed by atoms with Crippen LogP contribution in [0.3, 0.4) is 0 Å². The highest BCUT2D eigenvalue weighted by Crippen LogP contribution is 2.26. The van der Waals surface area contributed by atoms with Gasteiger partial charge >= 0.3 is 12.1 Å². The molecular weight excluding hydrogens is 282 g/mol. The summed E-state index contributed by atoms with van der Waals surface area (Å²) in [6, 6.07) is -0.833. The summed E-state index contributed by atoms with van der Waals surface area (Å²) in [5.41, 5.74) is 0. The average Bonchev–Trinajstić information content (AvgIpc) is 2.50. The maximum atomic E-state index is 11.9. The molecule has 1 aliphatic carbocycles. The minimum absolute atomic E-state index is 0.0155. The van der Waals surface area contributed by atoms with E-state index in [2.05, 4.69) is 11.9 Å². The van der Waals surface area contributed by atoms with Crippen LogP contribution in [-0.4, -0.2) is 29.3 Å². The van der Waals surface area contributed by atoms with Gasteiger partial charge in [0.05, 0.1) is 0 Å². The van der Waals surface area contributed by atoms with Crippen molar-refractivity contribution in [2.45, 2.75) is 76.9 Å². The normalized spacial score (nSPS) is 18.2. The van der Waals surface area contributed by atoms with Crippen LogP contribution in [0.4, 0.5) is 4.79 Å². The minimum Gasteiger partial charge on any atom is -0.480 e. The molecule has 2 atom stereocenters. The van der Waals surface area contributed by atoms with Gasteiger partial charge in [-0.3, -0.25) is 0 Å². The Morgan fingerprint density at radius 2 is 2.00 bits per heavy atom. The predicted molar refractivity (Wildman–Crippen MR) is 85.7 cm³/mol. The number of nitrogens with one attached hydrogen (secondary N) is 1. The van der Waals surface area contributed by atoms with Gasteiger partial charge in [-0.05, 0) is 51.4 Å². The van der Waals surface area contributed by atoms with Crippen LogP contribution in [0.1, 0.15) is 64.7 Å². The van der Waals surface area contributed by atoms with Crippen molar-refractivity contribution in [1.29, 1.82) is 0 Å². The number of carboxylic acids is 1. The fraction of sp³-hybridized carbons (Fsp3) is 0.765. The molecule has 1 fully saturated rings. The fourth-order valence-corrected chi connectivity index (χ4v) is 2.97. The lowest BCUT2D eigenvalue weighted by molar-refractivity contribution is -0.141. The van der Waals surface area contributed by atoms with Crippen molar-refractivity contribution in [2.24, 2.45) is 5.92 Å². The number of aliphatic carboxylic acids is 1. The van der Waals surface area contributed by atoms with Gasteiger partial charge in [-0.2, -0.15) is 0 Å². The second-order valence-electron chi connectivity index (χ2n) is 6.15. The van der Waals surface area contributed by atoms with Gasteiger partial charge in [0.1, 0.15) is 12.1 Å². The highest BCUT2D eigenvalue weighted by Gasteiger charge is 2.31. The lowest BCUT2D eigenvalue weighted by atomic mass is 9.84. The quantitative estimate of drug-likeness (QED) is 0.500. The van der Waals surface area contributed by atoms with Crippen molar-refractivity contribution in [3.05, 3.63) is 12.7 Å². The SMILES string of the molecule is C=CCCCC[C@@H](C)OC(=O)N[C@H](C(=O)O)C1CCCCC1. The summed E-state index contributed by atoms with van der Waals surface area (Å²) in [7, 11) is 0. The van der Waals surface area contributed by atoms with Crippen LogP contribution in [0.25, 0.3) is 0 Å². The Hall–Kier alpha value is -1.52. The van der Waals surface area contributed by atoms with Gasteiger partial charge in [0.25, 0.3) is 0 Å². The Morgan fingerprint density at radius 3 is 2.59 bits per heavy atom. The summed E-state index contributed by atoms with van der Waals surface area (Å²) in [5.74, 6) is -0.954. The van der Waals surface area contributed by atoms with E-state index in [0.717, 1.165) is 57.8 Å². The van der Waals surface area contributed by atoms with Crippen LogP contribution >= 0.6 is 0 Å². The van der Waals surface area contributed by atoms with E-state index in [1.54, 1.807) is 0 Å². The number of hydrogen-bond acceptors (Lipinski definition) is 3. The van der Waals surface area contributed by atoms with Gasteiger partial charge in [0, 0.05) is 0 Å². The molecule has 0 saturated heterocycles. The Labute approximate surface area is 133 Å². The molecule has 0 spiro atoms. The van der Waals surface area contributed by atoms with Crippen molar-refractivity contribution in [3.63, 3.8) is 0 Å². The second kappa shape index (κ2) is 10.2. The molecule has 1 rings (SSSR count). The maximum absolute atomic E-state index is 11.9. The highest BCUT2D eigenvalue weighted by molar-refractivity contribution is 5.80. The number of carbonyl (C=O) groups excluding carboxylic acids is 1. The smallest absolute Gasteiger partial charge is 0.408 e. The Balaban J connectivity index is 2.36. The second-order valence-corrected chi connectivity index (χ2v) is 6.15. The number of hydrogen-bond donors (Lipinski definition) is 2. The first-order valence-electron chi connectivity index (χ1n) is 8.35. The monoisotopic (exact) mass is 311 g/mol. The molecule has 1 saturated carbocycles. The van der Waals surface area contributed by atoms with Crippen molar-refractivity contribution in [3.8, 4) is 0 Å². The van der Waals surface area contributed by atoms with Crippen molar-refractivity contribution in [1.82, 2.24) is 5.32 Å². The van der Waals surface area contributed by atoms with E-state index in [0.29, 0.717) is 0 Å². The van der Waals surface area contributed by atoms with E-state index in [9.17, 15) is 14.7 Å². The van der Waals surface area contributed by atoms with Crippen LogP contribution in [0.5, 0.6) is 0 Å². The van der Waals surface area contributed by atoms with Gasteiger partial charge < -0.3 is 15.2 Å². The third kappa shape index (κ3) is 6.96. The van der Waals surface area contributed by atoms with Crippen molar-refractivity contribution in [2.75, 3.05) is 0 Å². The molecule has 0 heterocycles. The zero-order chi connectivity index (χ0) is 16.4. The molecule has 126 valence electrons. The molecule has 0 aromatic rings. The van der Waals surface area contributed by atoms with Gasteiger partial charge in [0.15, 0.2) is 0 Å². The van der Waals surface area contributed by atoms with Gasteiger partial charge in [-0.1, -0.05) is 25.3 Å². The molecule has 1 amide bonds. The molecular formula is C17H29NO4. The third-order valence-electron chi connectivity index (χ3n) is 4.24. The third-order valence-corrected chi connectivity index (χ3v) is 4.24. The molecule has 0 bridgehead atoms. The summed E-state index contributed by atoms with van der Waals surface area (Å²) >= 11 is 0. The zero-order valence-electron chi connectivity index (χ0n) is 13.6. The Morgan fingerprint density at radius 1 is 1.32 bits per heavy atom. The molecule has 0 aromatic heterocycles. The number of allylic oxidation sites excluding steroid dienone is 1. The molecule has 22 heavy (non-hydrogen) atoms. The number of rotatable bonds is 9. The molecule has 5 heteroatoms. The summed E-state index contributed by atoms with van der Waals surface area (Å²) in [6.07, 6.45) is 9.71. The first-order valence-corrected chi connectivity index (χ1v) is 8.35. The van der Waals surface area contributed by atoms with E-state index < -0.39 is 18.1 Å². The van der Waals surface area contributed by atoms with E-state index in [1.165, 1.54) is 0 Å². The number of unbranched alkanes of at least 4 members (excludes halogenated alkanes) is 2. The lowest BCUT2D eigenvalue weighted by Crippen LogP contribution is -2.47. The van der Waals surface area contributed by atoms with Crippen molar-refractivity contribution < 1.29 is 19.4 Å². The van der Waals surface area contributed by atoms with Crippen LogP contribution in [0.2, 0.25) is 0 Å². The average molecular weight is 311 g/mol. The number of amides is 1. The van der Waals surface area contributed by atoms with E-state index in [1.807, 2.05) is 13.0 Å². The molecule has 0 unspecified atom stereocenters. The zero-order valence-corrected chi connectivity index (χ0v) is 13.6. The van der Waals surface area contributed by atoms with Crippen LogP contribution in [-0.2, 0) is 9.53 Å². The molecule has 1 aliphatic rings. The minimum atomic E-state index is -0.970. The number of carboxylic acid groups (broad SMARTS) is 1. The maximum Gasteiger partial charge on any atom is 0.408 e. The van der Waals surface area contributed by atoms with Crippen LogP contribution in [0.15, 0.2) is 12.7 Å². The van der Waals surface area contributed by atoms with Gasteiger partial charge in [-0.25, -0.2) is 9.59 Å². The van der Waals surface area contributed by atoms with E-state index in [-0.39, 0.29) is 12.0 Å². The molecule has 5 nitrogen and oxygen atoms in total. The first-order chi connectivity index (χ1) is 10.5. The van der Waals surface area contributed by atoms with Crippen LogP contribution < -0.4 is 5.32 Å². The summed E-state index contributed by atoms with van der Waals surface area (Å²) in [5, 5.41) is 11.9. The molecule has 0 aliphatic heterocycles. The van der Waals surface area contributed by atoms with Gasteiger partial charge in [0.2, 0.25) is 0 Å². The first kappa shape index (κ1) is 18.5. The number of ether oxygens (including phenoxy) is 1. The fourth-order valence-electron chi connectivity index (χ4n) is 2.97. The molecule has 0 radical (unpaired) electrons. The number of alkyl carbamates (subject to hydrolysis) is 1. The molecule has 0 aromatic carbocycles. The summed E-state index contributed by atoms with van der Waals surface area (Å²) in [4.78, 5) is 23.3. The summed E-state index contributed by atoms with van der Waals surface area (Å²) in [6.45, 7) is 5.51. The van der Waals surface area contributed by atoms with Gasteiger partial charge in [-0.15, -0.1) is 6.58 Å². The van der Waals surface area contributed by atoms with E-state index >= 15 is 0 Å².